The quantitative estimate of drug-likeness (QED) is 0.0665. The zero-order valence-electron chi connectivity index (χ0n) is 64.2. The van der Waals surface area contributed by atoms with Gasteiger partial charge in [0, 0.05) is 23.7 Å². The number of benzene rings is 6. The minimum absolute atomic E-state index is 0.0316. The van der Waals surface area contributed by atoms with E-state index in [4.69, 9.17) is 34.0 Å². The van der Waals surface area contributed by atoms with Gasteiger partial charge in [-0.1, -0.05) is 207 Å². The van der Waals surface area contributed by atoms with Gasteiger partial charge < -0.3 is 21.1 Å². The van der Waals surface area contributed by atoms with Gasteiger partial charge in [0.2, 0.25) is 11.7 Å². The SMILES string of the molecule is CC(C)Cc1cc(Cl)c(O)c(Cl)c1.CC(C)Cc1ccc(C(F)(F)F)cc1.CC(C)Cc1ccc(C(F)(F)F)nc1.CC(C)Cc1ccc(O)cc1.CC(C)Cc1cccc(C(F)(F)F)c1.CC(C)Cc1cccc(C(N)=O)c1.CC(C)Cc1ccnc(C(F)(F)F)n1.Cc1cc(CC(C)C)cc(C)c1O. The average Bonchev–Trinajstić information content (AvgIpc) is 0.914. The number of alkyl halides is 12. The van der Waals surface area contributed by atoms with Crippen molar-refractivity contribution in [1.82, 2.24) is 15.0 Å². The van der Waals surface area contributed by atoms with Gasteiger partial charge in [0.1, 0.15) is 17.2 Å². The van der Waals surface area contributed by atoms with Crippen LogP contribution in [0.4, 0.5) is 52.7 Å². The maximum absolute atomic E-state index is 12.3. The number of rotatable bonds is 17. The number of aromatic hydroxyl groups is 3. The van der Waals surface area contributed by atoms with E-state index in [1.165, 1.54) is 47.2 Å². The third-order valence-electron chi connectivity index (χ3n) is 14.5. The highest BCUT2D eigenvalue weighted by Crippen LogP contribution is 2.35. The molecule has 0 aliphatic rings. The molecule has 0 radical (unpaired) electrons. The topological polar surface area (TPSA) is 142 Å². The zero-order valence-corrected chi connectivity index (χ0v) is 65.7. The molecule has 8 rings (SSSR count). The molecule has 22 heteroatoms. The van der Waals surface area contributed by atoms with E-state index in [9.17, 15) is 67.7 Å². The molecule has 0 saturated heterocycles. The Balaban J connectivity index is 0.000000606. The minimum Gasteiger partial charge on any atom is -0.508 e. The van der Waals surface area contributed by atoms with E-state index in [2.05, 4.69) is 82.5 Å². The molecule has 0 bridgehead atoms. The van der Waals surface area contributed by atoms with Crippen molar-refractivity contribution in [3.63, 3.8) is 0 Å². The number of aromatic nitrogens is 3. The van der Waals surface area contributed by atoms with Crippen LogP contribution in [0, 0.1) is 61.2 Å². The van der Waals surface area contributed by atoms with Crippen molar-refractivity contribution < 1.29 is 72.8 Å². The Labute approximate surface area is 630 Å². The second-order valence-corrected chi connectivity index (χ2v) is 30.1. The van der Waals surface area contributed by atoms with Crippen LogP contribution in [0.1, 0.15) is 200 Å². The molecule has 8 aromatic rings. The molecule has 1 amide bonds. The Morgan fingerprint density at radius 3 is 1.15 bits per heavy atom. The molecule has 5 N–H and O–H groups in total. The van der Waals surface area contributed by atoms with E-state index >= 15 is 0 Å². The first-order valence-electron chi connectivity index (χ1n) is 35.2. The maximum Gasteiger partial charge on any atom is 0.451 e. The molecule has 0 aliphatic carbocycles. The lowest BCUT2D eigenvalue weighted by Gasteiger charge is -2.09. The summed E-state index contributed by atoms with van der Waals surface area (Å²) in [7, 11) is 0. The molecule has 2 heterocycles. The molecule has 586 valence electrons. The highest BCUT2D eigenvalue weighted by Gasteiger charge is 2.35. The molecular formula is C84H108Cl2F12N4O4. The molecule has 0 unspecified atom stereocenters. The Morgan fingerprint density at radius 2 is 0.764 bits per heavy atom. The second-order valence-electron chi connectivity index (χ2n) is 29.3. The van der Waals surface area contributed by atoms with Gasteiger partial charge in [0.15, 0.2) is 5.75 Å². The maximum atomic E-state index is 12.3. The number of hydrogen-bond donors (Lipinski definition) is 4. The van der Waals surface area contributed by atoms with Crippen molar-refractivity contribution in [2.75, 3.05) is 0 Å². The summed E-state index contributed by atoms with van der Waals surface area (Å²) in [6.45, 7) is 37.2. The fourth-order valence-electron chi connectivity index (χ4n) is 10.2. The number of nitrogens with two attached hydrogens (primary N) is 1. The lowest BCUT2D eigenvalue weighted by molar-refractivity contribution is -0.145. The summed E-state index contributed by atoms with van der Waals surface area (Å²) < 4.78 is 146. The number of nitrogens with zero attached hydrogens (tertiary/aromatic N) is 3. The molecule has 2 aromatic heterocycles. The van der Waals surface area contributed by atoms with Gasteiger partial charge in [0.05, 0.1) is 21.2 Å². The first-order valence-corrected chi connectivity index (χ1v) is 36.0. The third-order valence-corrected chi connectivity index (χ3v) is 15.1. The zero-order chi connectivity index (χ0) is 81.2. The van der Waals surface area contributed by atoms with E-state index in [1.54, 1.807) is 48.5 Å². The van der Waals surface area contributed by atoms with Crippen LogP contribution in [-0.2, 0) is 76.1 Å². The van der Waals surface area contributed by atoms with Crippen LogP contribution in [0.3, 0.4) is 0 Å². The summed E-state index contributed by atoms with van der Waals surface area (Å²) >= 11 is 11.5. The summed E-state index contributed by atoms with van der Waals surface area (Å²) in [6, 6.07) is 37.4. The first kappa shape index (κ1) is 96.2. The van der Waals surface area contributed by atoms with Gasteiger partial charge in [-0.05, 0) is 229 Å². The summed E-state index contributed by atoms with van der Waals surface area (Å²) in [6.07, 6.45) is -7.94. The molecule has 106 heavy (non-hydrogen) atoms. The number of phenols is 3. The summed E-state index contributed by atoms with van der Waals surface area (Å²) in [5.74, 6) is 3.38. The number of amides is 1. The number of aryl methyl sites for hydroxylation is 2. The lowest BCUT2D eigenvalue weighted by atomic mass is 9.98. The van der Waals surface area contributed by atoms with Crippen LogP contribution in [0.2, 0.25) is 10.0 Å². The fourth-order valence-corrected chi connectivity index (χ4v) is 10.7. The normalized spacial score (nSPS) is 11.4. The smallest absolute Gasteiger partial charge is 0.451 e. The molecule has 0 spiro atoms. The molecule has 6 aromatic carbocycles. The average molecular weight is 1540 g/mol. The van der Waals surface area contributed by atoms with Crippen molar-refractivity contribution in [2.45, 2.75) is 201 Å². The minimum atomic E-state index is -4.45. The molecule has 0 aliphatic heterocycles. The second kappa shape index (κ2) is 46.4. The number of hydrogen-bond acceptors (Lipinski definition) is 7. The lowest BCUT2D eigenvalue weighted by Crippen LogP contribution is -2.12. The number of pyridine rings is 1. The molecule has 0 saturated carbocycles. The van der Waals surface area contributed by atoms with Crippen molar-refractivity contribution in [1.29, 1.82) is 0 Å². The van der Waals surface area contributed by atoms with E-state index in [-0.39, 0.29) is 17.6 Å². The van der Waals surface area contributed by atoms with Crippen LogP contribution in [0.15, 0.2) is 152 Å². The highest BCUT2D eigenvalue weighted by molar-refractivity contribution is 6.37. The van der Waals surface area contributed by atoms with Crippen molar-refractivity contribution in [2.24, 2.45) is 53.1 Å². The van der Waals surface area contributed by atoms with Crippen molar-refractivity contribution in [3.8, 4) is 17.2 Å². The molecular weight excluding hydrogens is 1430 g/mol. The van der Waals surface area contributed by atoms with Gasteiger partial charge >= 0.3 is 24.7 Å². The largest absolute Gasteiger partial charge is 0.508 e. The predicted molar refractivity (Wildman–Crippen MR) is 406 cm³/mol. The number of carbonyl (C=O) groups excluding carboxylic acids is 1. The number of carbonyl (C=O) groups is 1. The van der Waals surface area contributed by atoms with Crippen LogP contribution < -0.4 is 5.73 Å². The Morgan fingerprint density at radius 1 is 0.387 bits per heavy atom. The standard InChI is InChI=1S/C12H18O.2C11H13F3.C11H15NO.C10H12Cl2O.C10H12F3N.C10H14O.C9H11F3N2/c1-8(2)5-11-6-9(3)12(13)10(4)7-11;1-8(2)7-9-3-5-10(6-4-9)11(12,13)14;1-8(2)6-9-4-3-5-10(7-9)11(12,13)14;1-8(2)6-9-4-3-5-10(7-9)11(12)13;1-6(2)3-7-4-8(11)10(13)9(12)5-7;1-7(2)5-8-3-4-9(14-6-8)10(11,12)13;1-8(2)7-9-3-5-10(11)6-4-9;1-6(2)5-7-3-4-13-8(14-7)9(10,11)12/h6-8,13H,5H2,1-4H3;3-6,8H,7H2,1-2H3;3-5,7-8H,6H2,1-2H3;3-5,7-8H,6H2,1-2H3,(H2,12,13);4-6,13H,3H2,1-2H3;3-4,6-7H,5H2,1-2H3;3-6,8,11H,7H2,1-2H3;3-4,6H,5H2,1-2H3. The number of phenolic OH excluding ortho intramolecular Hbond substituents is 3. The van der Waals surface area contributed by atoms with Crippen LogP contribution >= 0.6 is 23.2 Å². The van der Waals surface area contributed by atoms with E-state index in [0.29, 0.717) is 87.1 Å². The highest BCUT2D eigenvalue weighted by atomic mass is 35.5. The fraction of sp³-hybridized carbons (Fsp3) is 0.452. The Kier molecular flexibility index (Phi) is 42.1. The Bertz CT molecular complexity index is 3580. The van der Waals surface area contributed by atoms with Crippen LogP contribution in [0.25, 0.3) is 0 Å². The monoisotopic (exact) mass is 1530 g/mol. The number of halogens is 14. The van der Waals surface area contributed by atoms with Gasteiger partial charge in [-0.15, -0.1) is 0 Å². The molecule has 0 atom stereocenters. The van der Waals surface area contributed by atoms with Crippen LogP contribution in [-0.4, -0.2) is 36.2 Å². The van der Waals surface area contributed by atoms with Crippen molar-refractivity contribution in [3.05, 3.63) is 246 Å². The van der Waals surface area contributed by atoms with E-state index in [1.807, 2.05) is 99.6 Å². The van der Waals surface area contributed by atoms with Crippen molar-refractivity contribution >= 4 is 29.1 Å². The third kappa shape index (κ3) is 41.9. The molecule has 8 nitrogen and oxygen atoms in total. The van der Waals surface area contributed by atoms with Gasteiger partial charge in [0.25, 0.3) is 0 Å². The van der Waals surface area contributed by atoms with Gasteiger partial charge in [-0.2, -0.15) is 52.7 Å². The Hall–Kier alpha value is -7.84. The predicted octanol–water partition coefficient (Wildman–Crippen LogP) is 25.5. The van der Waals surface area contributed by atoms with Gasteiger partial charge in [-0.3, -0.25) is 9.78 Å². The summed E-state index contributed by atoms with van der Waals surface area (Å²) in [5, 5.41) is 28.5. The van der Waals surface area contributed by atoms with Crippen LogP contribution in [0.5, 0.6) is 17.2 Å². The summed E-state index contributed by atoms with van der Waals surface area (Å²) in [5.41, 5.74) is 13.6. The van der Waals surface area contributed by atoms with E-state index in [0.717, 1.165) is 102 Å². The van der Waals surface area contributed by atoms with Gasteiger partial charge in [-0.25, -0.2) is 9.97 Å². The first-order chi connectivity index (χ1) is 48.9. The summed E-state index contributed by atoms with van der Waals surface area (Å²) in [4.78, 5) is 20.9. The molecule has 0 fully saturated rings. The number of primary amides is 1. The van der Waals surface area contributed by atoms with E-state index < -0.39 is 47.4 Å².